The van der Waals surface area contributed by atoms with E-state index in [1.807, 2.05) is 0 Å². The third-order valence-corrected chi connectivity index (χ3v) is 7.64. The largest absolute Gasteiger partial charge is 0.258 e. The lowest BCUT2D eigenvalue weighted by atomic mass is 10.0. The van der Waals surface area contributed by atoms with Gasteiger partial charge < -0.3 is 0 Å². The van der Waals surface area contributed by atoms with Crippen LogP contribution in [0.15, 0.2) is 0 Å². The van der Waals surface area contributed by atoms with Crippen LogP contribution in [0.4, 0.5) is 0 Å². The van der Waals surface area contributed by atoms with Gasteiger partial charge in [0.15, 0.2) is 0 Å². The lowest BCUT2D eigenvalue weighted by molar-refractivity contribution is 1.03. The van der Waals surface area contributed by atoms with Crippen molar-refractivity contribution >= 4 is 0 Å². The zero-order valence-corrected chi connectivity index (χ0v) is 23.8. The highest BCUT2D eigenvalue weighted by atomic mass is 14.7. The zero-order chi connectivity index (χ0) is 25.8. The van der Waals surface area contributed by atoms with E-state index in [0.29, 0.717) is 0 Å². The topological polar surface area (TPSA) is 38.7 Å². The van der Waals surface area contributed by atoms with Gasteiger partial charge >= 0.3 is 0 Å². The second kappa shape index (κ2) is 11.5. The Morgan fingerprint density at radius 2 is 0.333 bits per heavy atom. The van der Waals surface area contributed by atoms with Crippen molar-refractivity contribution in [2.45, 2.75) is 104 Å². The molecule has 0 radical (unpaired) electrons. The van der Waals surface area contributed by atoms with Crippen molar-refractivity contribution in [3.8, 4) is 0 Å². The van der Waals surface area contributed by atoms with Gasteiger partial charge in [-0.15, -0.1) is 0 Å². The Balaban J connectivity index is 0.000000247. The van der Waals surface area contributed by atoms with E-state index in [4.69, 9.17) is 0 Å². The third-order valence-electron chi connectivity index (χ3n) is 7.64. The fourth-order valence-corrected chi connectivity index (χ4v) is 3.73. The van der Waals surface area contributed by atoms with E-state index in [9.17, 15) is 0 Å². The van der Waals surface area contributed by atoms with Crippen LogP contribution in [0, 0.1) is 104 Å². The van der Waals surface area contributed by atoms with E-state index in [-0.39, 0.29) is 0 Å². The maximum absolute atomic E-state index is 4.43. The highest BCUT2D eigenvalue weighted by molar-refractivity contribution is 5.38. The molecule has 0 bridgehead atoms. The first-order valence-corrected chi connectivity index (χ1v) is 11.8. The molecule has 3 rings (SSSR count). The summed E-state index contributed by atoms with van der Waals surface area (Å²) in [5.74, 6) is 0. The molecule has 0 aliphatic heterocycles. The summed E-state index contributed by atoms with van der Waals surface area (Å²) >= 11 is 0. The quantitative estimate of drug-likeness (QED) is 0.352. The third kappa shape index (κ3) is 6.72. The van der Waals surface area contributed by atoms with Crippen molar-refractivity contribution in [2.24, 2.45) is 0 Å². The van der Waals surface area contributed by atoms with Crippen LogP contribution in [0.3, 0.4) is 0 Å². The molecule has 0 atom stereocenters. The Morgan fingerprint density at radius 1 is 0.212 bits per heavy atom. The van der Waals surface area contributed by atoms with Gasteiger partial charge in [-0.2, -0.15) is 0 Å². The summed E-state index contributed by atoms with van der Waals surface area (Å²) in [7, 11) is 0. The molecule has 0 unspecified atom stereocenters. The van der Waals surface area contributed by atoms with Gasteiger partial charge in [0.25, 0.3) is 0 Å². The lowest BCUT2D eigenvalue weighted by Crippen LogP contribution is -1.98. The summed E-state index contributed by atoms with van der Waals surface area (Å²) in [5.41, 5.74) is 19.1. The zero-order valence-electron chi connectivity index (χ0n) is 23.8. The van der Waals surface area contributed by atoms with Crippen molar-refractivity contribution in [3.05, 3.63) is 84.2 Å². The highest BCUT2D eigenvalue weighted by Gasteiger charge is 2.05. The van der Waals surface area contributed by atoms with Crippen molar-refractivity contribution < 1.29 is 0 Å². The first kappa shape index (κ1) is 28.5. The molecule has 3 heteroatoms. The van der Waals surface area contributed by atoms with E-state index >= 15 is 0 Å². The minimum atomic E-state index is 1.16. The molecule has 0 amide bonds. The molecule has 0 fully saturated rings. The Bertz CT molecular complexity index is 930. The van der Waals surface area contributed by atoms with Crippen molar-refractivity contribution in [1.82, 2.24) is 15.0 Å². The molecule has 180 valence electrons. The molecule has 3 aromatic rings. The SMILES string of the molecule is Cc1nc(C)c(C)c(C)c1C.Cc1nc(C)c(C)c(C)c1C.Cc1nc(C)c(C)c(C)c1C. The van der Waals surface area contributed by atoms with E-state index in [1.165, 1.54) is 50.1 Å². The first-order chi connectivity index (χ1) is 15.1. The van der Waals surface area contributed by atoms with E-state index < -0.39 is 0 Å². The van der Waals surface area contributed by atoms with Crippen molar-refractivity contribution in [2.75, 3.05) is 0 Å². The molecule has 3 heterocycles. The molecular formula is C30H45N3. The fraction of sp³-hybridized carbons (Fsp3) is 0.500. The summed E-state index contributed by atoms with van der Waals surface area (Å²) in [6.07, 6.45) is 0. The van der Waals surface area contributed by atoms with Gasteiger partial charge in [-0.25, -0.2) is 0 Å². The molecule has 0 saturated carbocycles. The van der Waals surface area contributed by atoms with Gasteiger partial charge in [0.1, 0.15) is 0 Å². The summed E-state index contributed by atoms with van der Waals surface area (Å²) in [6, 6.07) is 0. The van der Waals surface area contributed by atoms with Gasteiger partial charge in [-0.05, 0) is 154 Å². The summed E-state index contributed by atoms with van der Waals surface area (Å²) in [6.45, 7) is 31.6. The minimum absolute atomic E-state index is 1.16. The van der Waals surface area contributed by atoms with Gasteiger partial charge in [0.2, 0.25) is 0 Å². The number of rotatable bonds is 0. The Morgan fingerprint density at radius 3 is 0.455 bits per heavy atom. The summed E-state index contributed by atoms with van der Waals surface area (Å²) in [5, 5.41) is 0. The van der Waals surface area contributed by atoms with E-state index in [1.54, 1.807) is 0 Å². The number of nitrogens with zero attached hydrogens (tertiary/aromatic N) is 3. The fourth-order valence-electron chi connectivity index (χ4n) is 3.73. The van der Waals surface area contributed by atoms with E-state index in [0.717, 1.165) is 34.2 Å². The van der Waals surface area contributed by atoms with Crippen LogP contribution in [0.5, 0.6) is 0 Å². The maximum atomic E-state index is 4.43. The minimum Gasteiger partial charge on any atom is -0.258 e. The molecule has 3 nitrogen and oxygen atoms in total. The van der Waals surface area contributed by atoms with Crippen molar-refractivity contribution in [1.29, 1.82) is 0 Å². The second-order valence-corrected chi connectivity index (χ2v) is 9.47. The second-order valence-electron chi connectivity index (χ2n) is 9.47. The molecule has 0 N–H and O–H groups in total. The van der Waals surface area contributed by atoms with Crippen molar-refractivity contribution in [3.63, 3.8) is 0 Å². The van der Waals surface area contributed by atoms with Crippen LogP contribution in [-0.4, -0.2) is 15.0 Å². The predicted molar refractivity (Wildman–Crippen MR) is 144 cm³/mol. The average Bonchev–Trinajstić information content (AvgIpc) is 2.77. The van der Waals surface area contributed by atoms with Gasteiger partial charge in [0, 0.05) is 34.2 Å². The monoisotopic (exact) mass is 447 g/mol. The molecule has 33 heavy (non-hydrogen) atoms. The smallest absolute Gasteiger partial charge is 0.0407 e. The molecule has 0 aromatic carbocycles. The van der Waals surface area contributed by atoms with Crippen LogP contribution < -0.4 is 0 Å². The first-order valence-electron chi connectivity index (χ1n) is 11.8. The van der Waals surface area contributed by atoms with Crippen LogP contribution in [0.25, 0.3) is 0 Å². The lowest BCUT2D eigenvalue weighted by Gasteiger charge is -2.09. The number of aryl methyl sites for hydroxylation is 6. The van der Waals surface area contributed by atoms with Crippen LogP contribution in [0.1, 0.15) is 84.2 Å². The Labute approximate surface area is 203 Å². The number of aromatic nitrogens is 3. The Hall–Kier alpha value is -2.55. The van der Waals surface area contributed by atoms with Crippen LogP contribution in [-0.2, 0) is 0 Å². The molecule has 0 aliphatic rings. The predicted octanol–water partition coefficient (Wildman–Crippen LogP) is 7.87. The number of pyridine rings is 3. The van der Waals surface area contributed by atoms with Gasteiger partial charge in [0.05, 0.1) is 0 Å². The molecule has 0 saturated heterocycles. The number of hydrogen-bond donors (Lipinski definition) is 0. The molecular weight excluding hydrogens is 402 g/mol. The van der Waals surface area contributed by atoms with Gasteiger partial charge in [-0.1, -0.05) is 0 Å². The molecule has 3 aromatic heterocycles. The van der Waals surface area contributed by atoms with E-state index in [2.05, 4.69) is 119 Å². The molecule has 0 spiro atoms. The van der Waals surface area contributed by atoms with Gasteiger partial charge in [-0.3, -0.25) is 15.0 Å². The number of hydrogen-bond acceptors (Lipinski definition) is 3. The standard InChI is InChI=1S/3C10H15N/c3*1-6-7(2)9(4)11-10(5)8(6)3/h3*1-5H3. The van der Waals surface area contributed by atoms with Crippen LogP contribution >= 0.6 is 0 Å². The normalized spacial score (nSPS) is 10.3. The summed E-state index contributed by atoms with van der Waals surface area (Å²) in [4.78, 5) is 13.3. The Kier molecular flexibility index (Phi) is 9.96. The average molecular weight is 448 g/mol. The highest BCUT2D eigenvalue weighted by Crippen LogP contribution is 2.18. The molecule has 0 aliphatic carbocycles. The maximum Gasteiger partial charge on any atom is 0.0407 e. The summed E-state index contributed by atoms with van der Waals surface area (Å²) < 4.78 is 0. The van der Waals surface area contributed by atoms with Crippen LogP contribution in [0.2, 0.25) is 0 Å².